The Morgan fingerprint density at radius 2 is 2.23 bits per heavy atom. The first kappa shape index (κ1) is 16.6. The lowest BCUT2D eigenvalue weighted by Gasteiger charge is -2.15. The van der Waals surface area contributed by atoms with Crippen LogP contribution < -0.4 is 10.1 Å². The zero-order chi connectivity index (χ0) is 18.1. The highest BCUT2D eigenvalue weighted by Crippen LogP contribution is 2.30. The molecule has 0 saturated heterocycles. The number of carbonyl (C=O) groups excluding carboxylic acids is 1. The molecule has 1 atom stereocenters. The molecule has 1 fully saturated rings. The van der Waals surface area contributed by atoms with Gasteiger partial charge in [0.2, 0.25) is 0 Å². The van der Waals surface area contributed by atoms with Crippen LogP contribution in [0.2, 0.25) is 0 Å². The number of fused-ring (bicyclic) bond motifs is 1. The van der Waals surface area contributed by atoms with Crippen molar-refractivity contribution in [3.05, 3.63) is 59.9 Å². The third kappa shape index (κ3) is 3.54. The van der Waals surface area contributed by atoms with Crippen molar-refractivity contribution in [2.24, 2.45) is 5.92 Å². The number of nitrogens with zero attached hydrogens (tertiary/aromatic N) is 1. The second-order valence-corrected chi connectivity index (χ2v) is 6.66. The molecule has 2 heterocycles. The van der Waals surface area contributed by atoms with Gasteiger partial charge in [-0.2, -0.15) is 0 Å². The quantitative estimate of drug-likeness (QED) is 0.719. The van der Waals surface area contributed by atoms with E-state index >= 15 is 0 Å². The number of rotatable bonds is 6. The van der Waals surface area contributed by atoms with Gasteiger partial charge in [0.15, 0.2) is 17.3 Å². The normalized spacial score (nSPS) is 15.0. The Balaban J connectivity index is 1.43. The lowest BCUT2D eigenvalue weighted by atomic mass is 10.1. The number of benzene rings is 1. The summed E-state index contributed by atoms with van der Waals surface area (Å²) in [5.74, 6) is 0.238. The molecule has 2 aromatic heterocycles. The largest absolute Gasteiger partial charge is 0.490 e. The molecule has 1 aliphatic rings. The lowest BCUT2D eigenvalue weighted by Crippen LogP contribution is -2.26. The number of furan rings is 1. The first-order valence-electron chi connectivity index (χ1n) is 8.67. The fraction of sp³-hybridized carbons (Fsp3) is 0.300. The fourth-order valence-electron chi connectivity index (χ4n) is 2.74. The molecule has 5 nitrogen and oxygen atoms in total. The van der Waals surface area contributed by atoms with Crippen molar-refractivity contribution < 1.29 is 18.3 Å². The summed E-state index contributed by atoms with van der Waals surface area (Å²) in [6.07, 6.45) is 5.54. The van der Waals surface area contributed by atoms with Crippen LogP contribution in [-0.4, -0.2) is 17.5 Å². The maximum absolute atomic E-state index is 14.2. The summed E-state index contributed by atoms with van der Waals surface area (Å²) in [5, 5.41) is 3.58. The molecular weight excluding hydrogens is 335 g/mol. The standard InChI is InChI=1S/C20H19FN2O3/c1-12(14-4-5-18(16(21)8-14)25-11-13-2-3-13)23-20(24)19-9-15-10-22-7-6-17(15)26-19/h4-10,12-13H,2-3,11H2,1H3,(H,23,24). The Hall–Kier alpha value is -2.89. The molecule has 6 heteroatoms. The summed E-state index contributed by atoms with van der Waals surface area (Å²) in [5.41, 5.74) is 1.26. The molecule has 1 N–H and O–H groups in total. The molecule has 0 aliphatic heterocycles. The van der Waals surface area contributed by atoms with E-state index in [2.05, 4.69) is 10.3 Å². The minimum Gasteiger partial charge on any atom is -0.490 e. The topological polar surface area (TPSA) is 64.4 Å². The predicted molar refractivity (Wildman–Crippen MR) is 94.5 cm³/mol. The number of amides is 1. The highest BCUT2D eigenvalue weighted by molar-refractivity contribution is 5.96. The summed E-state index contributed by atoms with van der Waals surface area (Å²) >= 11 is 0. The van der Waals surface area contributed by atoms with Crippen molar-refractivity contribution in [3.63, 3.8) is 0 Å². The van der Waals surface area contributed by atoms with Gasteiger partial charge in [-0.05, 0) is 55.5 Å². The third-order valence-corrected chi connectivity index (χ3v) is 4.52. The Kier molecular flexibility index (Phi) is 4.32. The van der Waals surface area contributed by atoms with Gasteiger partial charge in [-0.25, -0.2) is 4.39 Å². The summed E-state index contributed by atoms with van der Waals surface area (Å²) in [4.78, 5) is 16.4. The van der Waals surface area contributed by atoms with Crippen LogP contribution in [0.25, 0.3) is 11.0 Å². The van der Waals surface area contributed by atoms with Crippen LogP contribution in [0.3, 0.4) is 0 Å². The van der Waals surface area contributed by atoms with Gasteiger partial charge in [-0.3, -0.25) is 9.78 Å². The zero-order valence-electron chi connectivity index (χ0n) is 14.4. The Morgan fingerprint density at radius 3 is 2.96 bits per heavy atom. The number of carbonyl (C=O) groups is 1. The SMILES string of the molecule is CC(NC(=O)c1cc2cnccc2o1)c1ccc(OCC2CC2)c(F)c1. The second-order valence-electron chi connectivity index (χ2n) is 6.66. The first-order chi connectivity index (χ1) is 12.6. The number of nitrogens with one attached hydrogen (secondary N) is 1. The minimum absolute atomic E-state index is 0.199. The van der Waals surface area contributed by atoms with Crippen molar-refractivity contribution in [2.45, 2.75) is 25.8 Å². The average molecular weight is 354 g/mol. The number of halogens is 1. The van der Waals surface area contributed by atoms with Gasteiger partial charge in [0.25, 0.3) is 5.91 Å². The average Bonchev–Trinajstić information content (AvgIpc) is 3.36. The van der Waals surface area contributed by atoms with Crippen LogP contribution in [0, 0.1) is 11.7 Å². The molecule has 134 valence electrons. The van der Waals surface area contributed by atoms with Crippen LogP contribution in [0.1, 0.15) is 41.9 Å². The molecule has 26 heavy (non-hydrogen) atoms. The summed E-state index contributed by atoms with van der Waals surface area (Å²) in [7, 11) is 0. The molecule has 1 aliphatic carbocycles. The van der Waals surface area contributed by atoms with E-state index in [0.29, 0.717) is 23.7 Å². The first-order valence-corrected chi connectivity index (χ1v) is 8.67. The van der Waals surface area contributed by atoms with E-state index < -0.39 is 5.82 Å². The highest BCUT2D eigenvalue weighted by Gasteiger charge is 2.23. The van der Waals surface area contributed by atoms with Crippen LogP contribution in [0.5, 0.6) is 5.75 Å². The van der Waals surface area contributed by atoms with Crippen molar-refractivity contribution in [1.29, 1.82) is 0 Å². The Bertz CT molecular complexity index is 916. The number of ether oxygens (including phenoxy) is 1. The van der Waals surface area contributed by atoms with E-state index in [1.807, 2.05) is 0 Å². The number of pyridine rings is 1. The van der Waals surface area contributed by atoms with Gasteiger partial charge >= 0.3 is 0 Å². The summed E-state index contributed by atoms with van der Waals surface area (Å²) in [6, 6.07) is 7.74. The maximum atomic E-state index is 14.2. The number of hydrogen-bond acceptors (Lipinski definition) is 4. The maximum Gasteiger partial charge on any atom is 0.287 e. The van der Waals surface area contributed by atoms with E-state index in [0.717, 1.165) is 18.2 Å². The molecule has 0 radical (unpaired) electrons. The fourth-order valence-corrected chi connectivity index (χ4v) is 2.74. The molecule has 1 aromatic carbocycles. The van der Waals surface area contributed by atoms with E-state index in [9.17, 15) is 9.18 Å². The second kappa shape index (κ2) is 6.78. The van der Waals surface area contributed by atoms with Gasteiger partial charge in [0.05, 0.1) is 12.6 Å². The van der Waals surface area contributed by atoms with E-state index in [1.54, 1.807) is 43.6 Å². The van der Waals surface area contributed by atoms with E-state index in [1.165, 1.54) is 6.07 Å². The molecule has 1 unspecified atom stereocenters. The molecule has 0 bridgehead atoms. The van der Waals surface area contributed by atoms with Crippen molar-refractivity contribution in [1.82, 2.24) is 10.3 Å². The zero-order valence-corrected chi connectivity index (χ0v) is 14.4. The van der Waals surface area contributed by atoms with Gasteiger partial charge in [0.1, 0.15) is 5.58 Å². The number of aromatic nitrogens is 1. The summed E-state index contributed by atoms with van der Waals surface area (Å²) in [6.45, 7) is 2.35. The Labute approximate surface area is 150 Å². The minimum atomic E-state index is -0.418. The lowest BCUT2D eigenvalue weighted by molar-refractivity contribution is 0.0914. The van der Waals surface area contributed by atoms with Gasteiger partial charge < -0.3 is 14.5 Å². The predicted octanol–water partition coefficient (Wildman–Crippen LogP) is 4.25. The van der Waals surface area contributed by atoms with Crippen LogP contribution in [0.15, 0.2) is 47.1 Å². The van der Waals surface area contributed by atoms with Gasteiger partial charge in [0, 0.05) is 17.8 Å². The molecule has 1 amide bonds. The van der Waals surface area contributed by atoms with Gasteiger partial charge in [-0.1, -0.05) is 6.07 Å². The molecule has 3 aromatic rings. The molecular formula is C20H19FN2O3. The highest BCUT2D eigenvalue weighted by atomic mass is 19.1. The molecule has 1 saturated carbocycles. The number of hydrogen-bond donors (Lipinski definition) is 1. The molecule has 0 spiro atoms. The van der Waals surface area contributed by atoms with E-state index in [4.69, 9.17) is 9.15 Å². The summed E-state index contributed by atoms with van der Waals surface area (Å²) < 4.78 is 25.2. The van der Waals surface area contributed by atoms with Crippen molar-refractivity contribution in [2.75, 3.05) is 6.61 Å². The third-order valence-electron chi connectivity index (χ3n) is 4.52. The monoisotopic (exact) mass is 354 g/mol. The van der Waals surface area contributed by atoms with Crippen LogP contribution in [0.4, 0.5) is 4.39 Å². The van der Waals surface area contributed by atoms with Gasteiger partial charge in [-0.15, -0.1) is 0 Å². The Morgan fingerprint density at radius 1 is 1.38 bits per heavy atom. The van der Waals surface area contributed by atoms with Crippen molar-refractivity contribution in [3.8, 4) is 5.75 Å². The van der Waals surface area contributed by atoms with Crippen LogP contribution in [-0.2, 0) is 0 Å². The smallest absolute Gasteiger partial charge is 0.287 e. The van der Waals surface area contributed by atoms with E-state index in [-0.39, 0.29) is 23.5 Å². The van der Waals surface area contributed by atoms with Crippen molar-refractivity contribution >= 4 is 16.9 Å². The van der Waals surface area contributed by atoms with Crippen LogP contribution >= 0.6 is 0 Å². The molecule has 4 rings (SSSR count).